The summed E-state index contributed by atoms with van der Waals surface area (Å²) >= 11 is 0. The molecule has 0 aliphatic heterocycles. The maximum absolute atomic E-state index is 11.2. The van der Waals surface area contributed by atoms with Gasteiger partial charge in [0.2, 0.25) is 0 Å². The van der Waals surface area contributed by atoms with Gasteiger partial charge in [-0.1, -0.05) is 37.3 Å². The molecule has 0 bridgehead atoms. The van der Waals surface area contributed by atoms with Crippen molar-refractivity contribution in [1.82, 2.24) is 0 Å². The molecule has 1 aromatic rings. The Morgan fingerprint density at radius 1 is 1.36 bits per heavy atom. The first-order valence-electron chi connectivity index (χ1n) is 3.93. The van der Waals surface area contributed by atoms with Crippen molar-refractivity contribution in [1.29, 1.82) is 0 Å². The van der Waals surface area contributed by atoms with Gasteiger partial charge in [-0.15, -0.1) is 0 Å². The average molecular weight is 150 g/mol. The lowest BCUT2D eigenvalue weighted by Crippen LogP contribution is -1.96. The van der Waals surface area contributed by atoms with Crippen molar-refractivity contribution in [2.75, 3.05) is 0 Å². The Balaban J connectivity index is 0.00000121. The van der Waals surface area contributed by atoms with E-state index in [2.05, 4.69) is 0 Å². The van der Waals surface area contributed by atoms with Gasteiger partial charge in [-0.2, -0.15) is 0 Å². The van der Waals surface area contributed by atoms with E-state index in [-0.39, 0.29) is 7.21 Å². The third-order valence-corrected chi connectivity index (χ3v) is 1.57. The molecular weight excluding hydrogens is 136 g/mol. The van der Waals surface area contributed by atoms with E-state index in [1.807, 2.05) is 37.3 Å². The highest BCUT2D eigenvalue weighted by atomic mass is 16.1. The van der Waals surface area contributed by atoms with Crippen LogP contribution in [-0.2, 0) is 0 Å². The molecule has 0 saturated heterocycles. The fourth-order valence-corrected chi connectivity index (χ4v) is 0.995. The molecule has 1 heteroatoms. The highest BCUT2D eigenvalue weighted by Crippen LogP contribution is 2.03. The third kappa shape index (κ3) is 2.19. The summed E-state index contributed by atoms with van der Waals surface area (Å²) in [5, 5.41) is 0. The van der Waals surface area contributed by atoms with Gasteiger partial charge < -0.3 is 0 Å². The minimum Gasteiger partial charge on any atom is -0.294 e. The second-order valence-corrected chi connectivity index (χ2v) is 2.54. The van der Waals surface area contributed by atoms with Crippen LogP contribution in [0.3, 0.4) is 0 Å². The standard InChI is InChI=1S/C10H12O.H2/c1-2-6-10(11)9-7-4-3-5-8-9;/h3-5,7-8H,2,6H2,1H3;1H. The highest BCUT2D eigenvalue weighted by Gasteiger charge is 2.01. The molecule has 1 rings (SSSR count). The van der Waals surface area contributed by atoms with Crippen molar-refractivity contribution in [2.24, 2.45) is 0 Å². The molecule has 0 aliphatic carbocycles. The van der Waals surface area contributed by atoms with E-state index in [4.69, 9.17) is 0 Å². The number of Topliss-reactive ketones (excluding diaryl/α,β-unsaturated/α-hetero) is 1. The molecule has 1 nitrogen and oxygen atoms in total. The van der Waals surface area contributed by atoms with E-state index in [1.54, 1.807) is 0 Å². The molecule has 0 fully saturated rings. The molecule has 0 radical (unpaired) electrons. The van der Waals surface area contributed by atoms with Crippen LogP contribution in [0, 0.1) is 0 Å². The van der Waals surface area contributed by atoms with Gasteiger partial charge in [-0.05, 0) is 6.42 Å². The first-order chi connectivity index (χ1) is 5.34. The number of hydrogen-bond donors (Lipinski definition) is 0. The second kappa shape index (κ2) is 3.91. The summed E-state index contributed by atoms with van der Waals surface area (Å²) in [6.07, 6.45) is 1.58. The Morgan fingerprint density at radius 3 is 2.55 bits per heavy atom. The van der Waals surface area contributed by atoms with Crippen LogP contribution in [0.2, 0.25) is 0 Å². The van der Waals surface area contributed by atoms with E-state index in [1.165, 1.54) is 0 Å². The Kier molecular flexibility index (Phi) is 2.84. The van der Waals surface area contributed by atoms with Crippen LogP contribution < -0.4 is 0 Å². The number of benzene rings is 1. The lowest BCUT2D eigenvalue weighted by Gasteiger charge is -1.96. The highest BCUT2D eigenvalue weighted by molar-refractivity contribution is 5.95. The monoisotopic (exact) mass is 150 g/mol. The van der Waals surface area contributed by atoms with Crippen LogP contribution >= 0.6 is 0 Å². The molecule has 60 valence electrons. The van der Waals surface area contributed by atoms with Gasteiger partial charge in [0.15, 0.2) is 5.78 Å². The molecule has 1 aromatic carbocycles. The number of carbonyl (C=O) groups excluding carboxylic acids is 1. The Hall–Kier alpha value is -1.11. The number of ketones is 1. The van der Waals surface area contributed by atoms with Crippen LogP contribution in [0.5, 0.6) is 0 Å². The average Bonchev–Trinajstić information content (AvgIpc) is 2.07. The minimum absolute atomic E-state index is 0. The zero-order chi connectivity index (χ0) is 8.10. The Morgan fingerprint density at radius 2 is 2.00 bits per heavy atom. The lowest BCUT2D eigenvalue weighted by atomic mass is 10.1. The van der Waals surface area contributed by atoms with E-state index >= 15 is 0 Å². The van der Waals surface area contributed by atoms with Crippen molar-refractivity contribution in [2.45, 2.75) is 19.8 Å². The molecular formula is C10H14O. The van der Waals surface area contributed by atoms with Crippen molar-refractivity contribution >= 4 is 5.78 Å². The van der Waals surface area contributed by atoms with Crippen molar-refractivity contribution in [3.63, 3.8) is 0 Å². The molecule has 0 N–H and O–H groups in total. The first-order valence-corrected chi connectivity index (χ1v) is 3.93. The Bertz CT molecular complexity index is 231. The van der Waals surface area contributed by atoms with Gasteiger partial charge >= 0.3 is 0 Å². The number of carbonyl (C=O) groups is 1. The molecule has 0 amide bonds. The van der Waals surface area contributed by atoms with Crippen LogP contribution in [0.1, 0.15) is 31.6 Å². The zero-order valence-corrected chi connectivity index (χ0v) is 6.71. The summed E-state index contributed by atoms with van der Waals surface area (Å²) in [4.78, 5) is 11.2. The van der Waals surface area contributed by atoms with Gasteiger partial charge in [0, 0.05) is 13.4 Å². The summed E-state index contributed by atoms with van der Waals surface area (Å²) in [7, 11) is 0. The minimum atomic E-state index is 0. The number of rotatable bonds is 3. The summed E-state index contributed by atoms with van der Waals surface area (Å²) < 4.78 is 0. The van der Waals surface area contributed by atoms with Crippen LogP contribution in [0.25, 0.3) is 0 Å². The van der Waals surface area contributed by atoms with Gasteiger partial charge in [-0.25, -0.2) is 0 Å². The van der Waals surface area contributed by atoms with Crippen LogP contribution in [0.4, 0.5) is 0 Å². The third-order valence-electron chi connectivity index (χ3n) is 1.57. The second-order valence-electron chi connectivity index (χ2n) is 2.54. The van der Waals surface area contributed by atoms with Gasteiger partial charge in [0.05, 0.1) is 0 Å². The SMILES string of the molecule is CCCC(=O)c1ccccc1.[HH]. The quantitative estimate of drug-likeness (QED) is 0.605. The molecule has 0 spiro atoms. The van der Waals surface area contributed by atoms with Crippen molar-refractivity contribution < 1.29 is 6.22 Å². The predicted molar refractivity (Wildman–Crippen MR) is 47.8 cm³/mol. The molecule has 0 aromatic heterocycles. The summed E-state index contributed by atoms with van der Waals surface area (Å²) in [6.45, 7) is 2.01. The van der Waals surface area contributed by atoms with Crippen LogP contribution in [0.15, 0.2) is 30.3 Å². The molecule has 0 saturated carbocycles. The fourth-order valence-electron chi connectivity index (χ4n) is 0.995. The summed E-state index contributed by atoms with van der Waals surface area (Å²) in [5.41, 5.74) is 0.828. The van der Waals surface area contributed by atoms with Gasteiger partial charge in [-0.3, -0.25) is 4.79 Å². The fraction of sp³-hybridized carbons (Fsp3) is 0.300. The van der Waals surface area contributed by atoms with E-state index < -0.39 is 0 Å². The maximum Gasteiger partial charge on any atom is 0.162 e. The molecule has 0 atom stereocenters. The topological polar surface area (TPSA) is 17.1 Å². The Labute approximate surface area is 68.5 Å². The van der Waals surface area contributed by atoms with Crippen molar-refractivity contribution in [3.8, 4) is 0 Å². The largest absolute Gasteiger partial charge is 0.294 e. The number of hydrogen-bond acceptors (Lipinski definition) is 1. The molecule has 11 heavy (non-hydrogen) atoms. The molecule has 0 aliphatic rings. The predicted octanol–water partition coefficient (Wildman–Crippen LogP) is 2.92. The maximum atomic E-state index is 11.2. The smallest absolute Gasteiger partial charge is 0.162 e. The van der Waals surface area contributed by atoms with Crippen molar-refractivity contribution in [3.05, 3.63) is 35.9 Å². The first kappa shape index (κ1) is 7.99. The molecule has 0 heterocycles. The normalized spacial score (nSPS) is 9.55. The summed E-state index contributed by atoms with van der Waals surface area (Å²) in [5.74, 6) is 0.244. The van der Waals surface area contributed by atoms with Gasteiger partial charge in [0.1, 0.15) is 0 Å². The lowest BCUT2D eigenvalue weighted by molar-refractivity contribution is 0.0982. The van der Waals surface area contributed by atoms with E-state index in [0.29, 0.717) is 6.42 Å². The summed E-state index contributed by atoms with van der Waals surface area (Å²) in [6, 6.07) is 9.42. The molecule has 0 unspecified atom stereocenters. The van der Waals surface area contributed by atoms with E-state index in [9.17, 15) is 4.79 Å². The zero-order valence-electron chi connectivity index (χ0n) is 6.71. The van der Waals surface area contributed by atoms with Gasteiger partial charge in [0.25, 0.3) is 0 Å². The van der Waals surface area contributed by atoms with E-state index in [0.717, 1.165) is 12.0 Å². The van der Waals surface area contributed by atoms with Crippen LogP contribution in [-0.4, -0.2) is 5.78 Å².